The maximum absolute atomic E-state index is 13.8. The Labute approximate surface area is 185 Å². The predicted molar refractivity (Wildman–Crippen MR) is 122 cm³/mol. The van der Waals surface area contributed by atoms with Gasteiger partial charge in [0.05, 0.1) is 11.3 Å². The van der Waals surface area contributed by atoms with Crippen LogP contribution in [0.25, 0.3) is 10.9 Å². The molecule has 1 aliphatic carbocycles. The van der Waals surface area contributed by atoms with Crippen LogP contribution in [0, 0.1) is 5.82 Å². The van der Waals surface area contributed by atoms with E-state index in [-0.39, 0.29) is 11.5 Å². The van der Waals surface area contributed by atoms with E-state index in [0.29, 0.717) is 24.9 Å². The number of carbonyl (C=O) groups is 2. The van der Waals surface area contributed by atoms with Crippen molar-refractivity contribution in [3.63, 3.8) is 0 Å². The van der Waals surface area contributed by atoms with Crippen molar-refractivity contribution in [2.45, 2.75) is 43.2 Å². The van der Waals surface area contributed by atoms with Gasteiger partial charge in [-0.15, -0.1) is 11.8 Å². The third-order valence-electron chi connectivity index (χ3n) is 5.59. The number of carbonyl (C=O) groups excluding carboxylic acids is 2. The van der Waals surface area contributed by atoms with Gasteiger partial charge in [0.25, 0.3) is 5.91 Å². The number of nitrogens with one attached hydrogen (secondary N) is 2. The maximum Gasteiger partial charge on any atom is 0.254 e. The second-order valence-corrected chi connectivity index (χ2v) is 8.79. The number of aromatic nitrogens is 1. The normalized spacial score (nSPS) is 14.1. The van der Waals surface area contributed by atoms with Crippen molar-refractivity contribution in [2.75, 3.05) is 12.3 Å². The third kappa shape index (κ3) is 5.28. The summed E-state index contributed by atoms with van der Waals surface area (Å²) in [6.45, 7) is 0.924. The first-order chi connectivity index (χ1) is 15.1. The number of hydrogen-bond donors (Lipinski definition) is 2. The number of fused-ring (bicyclic) bond motifs is 1. The van der Waals surface area contributed by atoms with Crippen LogP contribution >= 0.6 is 11.8 Å². The van der Waals surface area contributed by atoms with E-state index in [2.05, 4.69) is 15.2 Å². The van der Waals surface area contributed by atoms with Gasteiger partial charge in [0.2, 0.25) is 5.91 Å². The van der Waals surface area contributed by atoms with Gasteiger partial charge in [0.1, 0.15) is 5.82 Å². The molecule has 0 spiro atoms. The van der Waals surface area contributed by atoms with Gasteiger partial charge >= 0.3 is 0 Å². The zero-order valence-electron chi connectivity index (χ0n) is 17.3. The molecule has 1 heterocycles. The molecule has 1 fully saturated rings. The first-order valence-electron chi connectivity index (χ1n) is 10.6. The quantitative estimate of drug-likeness (QED) is 0.513. The molecule has 0 saturated heterocycles. The molecule has 7 heteroatoms. The average molecular weight is 440 g/mol. The van der Waals surface area contributed by atoms with Crippen LogP contribution in [0.4, 0.5) is 4.39 Å². The molecule has 5 nitrogen and oxygen atoms in total. The van der Waals surface area contributed by atoms with Crippen molar-refractivity contribution in [1.29, 1.82) is 0 Å². The number of halogens is 1. The second kappa shape index (κ2) is 10.0. The molecule has 4 rings (SSSR count). The topological polar surface area (TPSA) is 63.1 Å². The first-order valence-corrected chi connectivity index (χ1v) is 11.6. The molecule has 31 heavy (non-hydrogen) atoms. The van der Waals surface area contributed by atoms with Crippen LogP contribution in [-0.2, 0) is 11.3 Å². The van der Waals surface area contributed by atoms with Crippen LogP contribution in [0.1, 0.15) is 36.0 Å². The van der Waals surface area contributed by atoms with E-state index in [1.807, 2.05) is 30.5 Å². The van der Waals surface area contributed by atoms with Crippen LogP contribution in [0.2, 0.25) is 0 Å². The zero-order valence-corrected chi connectivity index (χ0v) is 18.1. The Kier molecular flexibility index (Phi) is 6.92. The lowest BCUT2D eigenvalue weighted by molar-refractivity contribution is -0.119. The minimum Gasteiger partial charge on any atom is -0.353 e. The van der Waals surface area contributed by atoms with E-state index < -0.39 is 11.7 Å². The van der Waals surface area contributed by atoms with E-state index in [1.165, 1.54) is 36.7 Å². The van der Waals surface area contributed by atoms with Crippen molar-refractivity contribution in [1.82, 2.24) is 15.2 Å². The van der Waals surface area contributed by atoms with Gasteiger partial charge in [-0.2, -0.15) is 0 Å². The maximum atomic E-state index is 13.8. The van der Waals surface area contributed by atoms with Gasteiger partial charge in [-0.3, -0.25) is 9.59 Å². The van der Waals surface area contributed by atoms with Crippen LogP contribution in [0.3, 0.4) is 0 Å². The van der Waals surface area contributed by atoms with Gasteiger partial charge in [0.15, 0.2) is 0 Å². The lowest BCUT2D eigenvalue weighted by Gasteiger charge is -2.11. The Balaban J connectivity index is 1.37. The number of para-hydroxylation sites is 1. The van der Waals surface area contributed by atoms with Crippen molar-refractivity contribution >= 4 is 34.5 Å². The lowest BCUT2D eigenvalue weighted by Crippen LogP contribution is -2.33. The van der Waals surface area contributed by atoms with Crippen LogP contribution in [0.15, 0.2) is 59.6 Å². The first kappa shape index (κ1) is 21.4. The number of amides is 2. The molecule has 1 saturated carbocycles. The molecule has 0 aliphatic heterocycles. The Morgan fingerprint density at radius 2 is 1.81 bits per heavy atom. The number of rotatable bonds is 8. The summed E-state index contributed by atoms with van der Waals surface area (Å²) >= 11 is 1.53. The number of thioether (sulfide) groups is 1. The van der Waals surface area contributed by atoms with Crippen LogP contribution < -0.4 is 10.6 Å². The summed E-state index contributed by atoms with van der Waals surface area (Å²) in [5.74, 6) is -0.492. The fourth-order valence-electron chi connectivity index (χ4n) is 4.03. The minimum atomic E-state index is -0.527. The van der Waals surface area contributed by atoms with Crippen molar-refractivity contribution < 1.29 is 14.0 Å². The zero-order chi connectivity index (χ0) is 21.6. The Morgan fingerprint density at radius 3 is 2.61 bits per heavy atom. The summed E-state index contributed by atoms with van der Waals surface area (Å²) in [5, 5.41) is 6.99. The average Bonchev–Trinajstić information content (AvgIpc) is 3.41. The van der Waals surface area contributed by atoms with Crippen LogP contribution in [0.5, 0.6) is 0 Å². The third-order valence-corrected chi connectivity index (χ3v) is 6.63. The highest BCUT2D eigenvalue weighted by atomic mass is 32.2. The molecule has 0 radical (unpaired) electrons. The summed E-state index contributed by atoms with van der Waals surface area (Å²) < 4.78 is 15.8. The summed E-state index contributed by atoms with van der Waals surface area (Å²) in [6, 6.07) is 14.3. The number of benzene rings is 2. The monoisotopic (exact) mass is 439 g/mol. The largest absolute Gasteiger partial charge is 0.353 e. The van der Waals surface area contributed by atoms with Crippen molar-refractivity contribution in [3.8, 4) is 0 Å². The van der Waals surface area contributed by atoms with E-state index in [9.17, 15) is 14.0 Å². The molecule has 0 bridgehead atoms. The molecular formula is C24H26FN3O2S. The van der Waals surface area contributed by atoms with E-state index in [4.69, 9.17) is 0 Å². The molecule has 2 N–H and O–H groups in total. The van der Waals surface area contributed by atoms with Crippen LogP contribution in [-0.4, -0.2) is 34.7 Å². The van der Waals surface area contributed by atoms with Crippen molar-refractivity contribution in [3.05, 3.63) is 66.1 Å². The predicted octanol–water partition coefficient (Wildman–Crippen LogP) is 4.36. The Bertz CT molecular complexity index is 1080. The molecular weight excluding hydrogens is 413 g/mol. The van der Waals surface area contributed by atoms with Gasteiger partial charge in [-0.1, -0.05) is 43.2 Å². The molecule has 0 atom stereocenters. The van der Waals surface area contributed by atoms with Gasteiger partial charge in [-0.25, -0.2) is 4.39 Å². The van der Waals surface area contributed by atoms with E-state index in [0.717, 1.165) is 28.6 Å². The standard InChI is InChI=1S/C24H26FN3O2S/c25-20-11-5-3-9-18(20)24(30)26-13-14-28-15-22(19-10-4-6-12-21(19)28)31-16-23(29)27-17-7-1-2-8-17/h3-6,9-12,15,17H,1-2,7-8,13-14,16H2,(H,26,30)(H,27,29). The lowest BCUT2D eigenvalue weighted by atomic mass is 10.2. The molecule has 2 amide bonds. The molecule has 0 unspecified atom stereocenters. The Hall–Kier alpha value is -2.80. The van der Waals surface area contributed by atoms with Crippen molar-refractivity contribution in [2.24, 2.45) is 0 Å². The SMILES string of the molecule is O=C(CSc1cn(CCNC(=O)c2ccccc2F)c2ccccc12)NC1CCCC1. The highest BCUT2D eigenvalue weighted by molar-refractivity contribution is 8.00. The minimum absolute atomic E-state index is 0.0457. The fourth-order valence-corrected chi connectivity index (χ4v) is 4.93. The summed E-state index contributed by atoms with van der Waals surface area (Å²) in [5.41, 5.74) is 1.09. The summed E-state index contributed by atoms with van der Waals surface area (Å²) in [6.07, 6.45) is 6.56. The molecule has 2 aromatic carbocycles. The molecule has 3 aromatic rings. The number of nitrogens with zero attached hydrogens (tertiary/aromatic N) is 1. The second-order valence-electron chi connectivity index (χ2n) is 7.78. The molecule has 1 aromatic heterocycles. The van der Waals surface area contributed by atoms with E-state index >= 15 is 0 Å². The summed E-state index contributed by atoms with van der Waals surface area (Å²) in [4.78, 5) is 25.6. The molecule has 162 valence electrons. The fraction of sp³-hybridized carbons (Fsp3) is 0.333. The summed E-state index contributed by atoms with van der Waals surface area (Å²) in [7, 11) is 0. The smallest absolute Gasteiger partial charge is 0.254 e. The van der Waals surface area contributed by atoms with Gasteiger partial charge in [0, 0.05) is 41.1 Å². The van der Waals surface area contributed by atoms with Gasteiger partial charge in [-0.05, 0) is 31.0 Å². The van der Waals surface area contributed by atoms with Gasteiger partial charge < -0.3 is 15.2 Å². The molecule has 1 aliphatic rings. The highest BCUT2D eigenvalue weighted by Gasteiger charge is 2.18. The highest BCUT2D eigenvalue weighted by Crippen LogP contribution is 2.30. The van der Waals surface area contributed by atoms with E-state index in [1.54, 1.807) is 12.1 Å². The Morgan fingerprint density at radius 1 is 1.06 bits per heavy atom. The number of hydrogen-bond acceptors (Lipinski definition) is 3.